The fourth-order valence-electron chi connectivity index (χ4n) is 1.29. The number of hydrogen-bond donors (Lipinski definition) is 2. The standard InChI is InChI=1S/C10H11F4NO3S/c11-7-2-3-8(15-4-1-5-16)9(6-7)19(17,18)10(12,13)14/h2-3,6,15-16H,1,4-5H2. The summed E-state index contributed by atoms with van der Waals surface area (Å²) < 4.78 is 72.8. The predicted octanol–water partition coefficient (Wildman–Crippen LogP) is 1.91. The number of hydrogen-bond acceptors (Lipinski definition) is 4. The van der Waals surface area contributed by atoms with Gasteiger partial charge in [0.1, 0.15) is 10.7 Å². The van der Waals surface area contributed by atoms with Crippen molar-refractivity contribution in [1.82, 2.24) is 0 Å². The van der Waals surface area contributed by atoms with E-state index >= 15 is 0 Å². The van der Waals surface area contributed by atoms with E-state index in [1.807, 2.05) is 0 Å². The molecule has 1 aromatic carbocycles. The van der Waals surface area contributed by atoms with Crippen LogP contribution in [0, 0.1) is 5.82 Å². The number of benzene rings is 1. The van der Waals surface area contributed by atoms with Crippen LogP contribution >= 0.6 is 0 Å². The van der Waals surface area contributed by atoms with Crippen LogP contribution in [0.3, 0.4) is 0 Å². The van der Waals surface area contributed by atoms with Crippen molar-refractivity contribution in [2.24, 2.45) is 0 Å². The first kappa shape index (κ1) is 15.7. The van der Waals surface area contributed by atoms with Gasteiger partial charge in [0.25, 0.3) is 9.84 Å². The minimum absolute atomic E-state index is 0.0580. The lowest BCUT2D eigenvalue weighted by Crippen LogP contribution is -2.24. The molecule has 0 radical (unpaired) electrons. The maximum atomic E-state index is 13.0. The van der Waals surface area contributed by atoms with E-state index in [9.17, 15) is 26.0 Å². The lowest BCUT2D eigenvalue weighted by molar-refractivity contribution is -0.0435. The normalized spacial score (nSPS) is 12.5. The summed E-state index contributed by atoms with van der Waals surface area (Å²) >= 11 is 0. The molecule has 0 atom stereocenters. The summed E-state index contributed by atoms with van der Waals surface area (Å²) in [4.78, 5) is -1.17. The molecule has 0 spiro atoms. The Kier molecular flexibility index (Phi) is 4.75. The molecule has 0 amide bonds. The number of rotatable bonds is 5. The molecule has 19 heavy (non-hydrogen) atoms. The van der Waals surface area contributed by atoms with Gasteiger partial charge >= 0.3 is 5.51 Å². The first-order valence-electron chi connectivity index (χ1n) is 5.16. The zero-order valence-electron chi connectivity index (χ0n) is 9.54. The molecule has 4 nitrogen and oxygen atoms in total. The summed E-state index contributed by atoms with van der Waals surface area (Å²) in [5, 5.41) is 11.0. The lowest BCUT2D eigenvalue weighted by atomic mass is 10.3. The molecule has 0 aliphatic rings. The summed E-state index contributed by atoms with van der Waals surface area (Å²) in [5.74, 6) is -1.09. The van der Waals surface area contributed by atoms with Gasteiger partial charge in [0.05, 0.1) is 5.69 Å². The summed E-state index contributed by atoms with van der Waals surface area (Å²) in [7, 11) is -5.63. The van der Waals surface area contributed by atoms with Crippen LogP contribution in [0.25, 0.3) is 0 Å². The van der Waals surface area contributed by atoms with Gasteiger partial charge in [0, 0.05) is 13.2 Å². The predicted molar refractivity (Wildman–Crippen MR) is 59.8 cm³/mol. The number of sulfone groups is 1. The first-order chi connectivity index (χ1) is 8.70. The van der Waals surface area contributed by atoms with Gasteiger partial charge in [0.15, 0.2) is 0 Å². The maximum absolute atomic E-state index is 13.0. The Bertz CT molecular complexity index is 542. The van der Waals surface area contributed by atoms with E-state index in [2.05, 4.69) is 5.32 Å². The largest absolute Gasteiger partial charge is 0.501 e. The van der Waals surface area contributed by atoms with Crippen molar-refractivity contribution in [3.63, 3.8) is 0 Å². The van der Waals surface area contributed by atoms with Crippen LogP contribution in [0.15, 0.2) is 23.1 Å². The average Bonchev–Trinajstić information content (AvgIpc) is 2.29. The summed E-state index contributed by atoms with van der Waals surface area (Å²) in [5.41, 5.74) is -5.86. The minimum Gasteiger partial charge on any atom is -0.396 e. The van der Waals surface area contributed by atoms with Gasteiger partial charge in [-0.2, -0.15) is 13.2 Å². The SMILES string of the molecule is O=S(=O)(c1cc(F)ccc1NCCCO)C(F)(F)F. The van der Waals surface area contributed by atoms with Crippen molar-refractivity contribution in [3.05, 3.63) is 24.0 Å². The van der Waals surface area contributed by atoms with E-state index in [-0.39, 0.29) is 25.3 Å². The van der Waals surface area contributed by atoms with Gasteiger partial charge in [-0.3, -0.25) is 0 Å². The number of nitrogens with one attached hydrogen (secondary N) is 1. The molecule has 9 heteroatoms. The molecule has 0 saturated heterocycles. The molecule has 0 saturated carbocycles. The molecule has 1 aromatic rings. The van der Waals surface area contributed by atoms with Crippen molar-refractivity contribution in [3.8, 4) is 0 Å². The average molecular weight is 301 g/mol. The van der Waals surface area contributed by atoms with E-state index in [0.717, 1.165) is 12.1 Å². The van der Waals surface area contributed by atoms with E-state index < -0.39 is 26.1 Å². The Labute approximate surface area is 107 Å². The first-order valence-corrected chi connectivity index (χ1v) is 6.64. The second-order valence-corrected chi connectivity index (χ2v) is 5.50. The highest BCUT2D eigenvalue weighted by Crippen LogP contribution is 2.34. The topological polar surface area (TPSA) is 66.4 Å². The van der Waals surface area contributed by atoms with Gasteiger partial charge in [-0.25, -0.2) is 12.8 Å². The Balaban J connectivity index is 3.22. The zero-order valence-corrected chi connectivity index (χ0v) is 10.4. The molecule has 0 fully saturated rings. The smallest absolute Gasteiger partial charge is 0.396 e. The van der Waals surface area contributed by atoms with Gasteiger partial charge < -0.3 is 10.4 Å². The second kappa shape index (κ2) is 5.74. The van der Waals surface area contributed by atoms with E-state index in [0.29, 0.717) is 6.07 Å². The molecule has 0 heterocycles. The Morgan fingerprint density at radius 2 is 1.89 bits per heavy atom. The van der Waals surface area contributed by atoms with Crippen LogP contribution in [0.1, 0.15) is 6.42 Å². The number of aliphatic hydroxyl groups excluding tert-OH is 1. The quantitative estimate of drug-likeness (QED) is 0.644. The second-order valence-electron chi connectivity index (χ2n) is 3.59. The van der Waals surface area contributed by atoms with E-state index in [1.165, 1.54) is 0 Å². The third-order valence-corrected chi connectivity index (χ3v) is 3.71. The van der Waals surface area contributed by atoms with Crippen LogP contribution in [0.2, 0.25) is 0 Å². The van der Waals surface area contributed by atoms with Crippen LogP contribution in [0.4, 0.5) is 23.2 Å². The Morgan fingerprint density at radius 3 is 2.42 bits per heavy atom. The van der Waals surface area contributed by atoms with Crippen molar-refractivity contribution in [2.45, 2.75) is 16.8 Å². The van der Waals surface area contributed by atoms with E-state index in [1.54, 1.807) is 0 Å². The molecular weight excluding hydrogens is 290 g/mol. The molecule has 0 unspecified atom stereocenters. The highest BCUT2D eigenvalue weighted by Gasteiger charge is 2.48. The fraction of sp³-hybridized carbons (Fsp3) is 0.400. The molecular formula is C10H11F4NO3S. The fourth-order valence-corrected chi connectivity index (χ4v) is 2.24. The molecule has 1 rings (SSSR count). The monoisotopic (exact) mass is 301 g/mol. The summed E-state index contributed by atoms with van der Waals surface area (Å²) in [6, 6.07) is 2.06. The number of anilines is 1. The van der Waals surface area contributed by atoms with Gasteiger partial charge in [-0.05, 0) is 24.6 Å². The maximum Gasteiger partial charge on any atom is 0.501 e. The summed E-state index contributed by atoms with van der Waals surface area (Å²) in [6.45, 7) is -0.155. The van der Waals surface area contributed by atoms with Crippen LogP contribution in [-0.4, -0.2) is 32.2 Å². The van der Waals surface area contributed by atoms with Crippen molar-refractivity contribution >= 4 is 15.5 Å². The van der Waals surface area contributed by atoms with Crippen LogP contribution in [0.5, 0.6) is 0 Å². The summed E-state index contributed by atoms with van der Waals surface area (Å²) in [6.07, 6.45) is 0.211. The third kappa shape index (κ3) is 3.57. The van der Waals surface area contributed by atoms with Crippen LogP contribution in [-0.2, 0) is 9.84 Å². The number of alkyl halides is 3. The Hall–Kier alpha value is -1.35. The third-order valence-electron chi connectivity index (χ3n) is 2.19. The number of halogens is 4. The highest BCUT2D eigenvalue weighted by atomic mass is 32.2. The van der Waals surface area contributed by atoms with Crippen LogP contribution < -0.4 is 5.32 Å². The molecule has 0 aromatic heterocycles. The van der Waals surface area contributed by atoms with Gasteiger partial charge in [-0.1, -0.05) is 0 Å². The van der Waals surface area contributed by atoms with Gasteiger partial charge in [-0.15, -0.1) is 0 Å². The molecule has 0 aliphatic carbocycles. The number of aliphatic hydroxyl groups is 1. The minimum atomic E-state index is -5.63. The lowest BCUT2D eigenvalue weighted by Gasteiger charge is -2.14. The van der Waals surface area contributed by atoms with Crippen molar-refractivity contribution in [1.29, 1.82) is 0 Å². The molecule has 2 N–H and O–H groups in total. The highest BCUT2D eigenvalue weighted by molar-refractivity contribution is 7.92. The molecule has 0 aliphatic heterocycles. The van der Waals surface area contributed by atoms with Crippen molar-refractivity contribution in [2.75, 3.05) is 18.5 Å². The van der Waals surface area contributed by atoms with Crippen molar-refractivity contribution < 1.29 is 31.1 Å². The molecule has 108 valence electrons. The zero-order chi connectivity index (χ0) is 14.7. The van der Waals surface area contributed by atoms with E-state index in [4.69, 9.17) is 5.11 Å². The Morgan fingerprint density at radius 1 is 1.26 bits per heavy atom. The van der Waals surface area contributed by atoms with Gasteiger partial charge in [0.2, 0.25) is 0 Å². The molecule has 0 bridgehead atoms.